The summed E-state index contributed by atoms with van der Waals surface area (Å²) >= 11 is 2.25. The third kappa shape index (κ3) is 3.91. The zero-order valence-electron chi connectivity index (χ0n) is 12.2. The molecule has 1 aromatic heterocycles. The number of aromatic nitrogens is 2. The zero-order valence-corrected chi connectivity index (χ0v) is 14.3. The van der Waals surface area contributed by atoms with Crippen LogP contribution in [0.25, 0.3) is 11.4 Å². The van der Waals surface area contributed by atoms with Gasteiger partial charge in [-0.05, 0) is 47.4 Å². The lowest BCUT2D eigenvalue weighted by molar-refractivity contribution is 0.647. The normalized spacial score (nSPS) is 10.8. The largest absolute Gasteiger partial charge is 0.369 e. The van der Waals surface area contributed by atoms with Crippen LogP contribution in [0.5, 0.6) is 0 Å². The topological polar surface area (TPSA) is 37.8 Å². The highest BCUT2D eigenvalue weighted by Crippen LogP contribution is 2.21. The Morgan fingerprint density at radius 1 is 1.20 bits per heavy atom. The number of halogens is 1. The maximum atomic E-state index is 4.59. The minimum atomic E-state index is 0.677. The summed E-state index contributed by atoms with van der Waals surface area (Å²) in [5.41, 5.74) is 2.43. The molecule has 2 rings (SSSR count). The van der Waals surface area contributed by atoms with E-state index in [1.54, 1.807) is 0 Å². The van der Waals surface area contributed by atoms with Crippen molar-refractivity contribution >= 4 is 28.4 Å². The summed E-state index contributed by atoms with van der Waals surface area (Å²) < 4.78 is 1.05. The Morgan fingerprint density at radius 3 is 2.50 bits per heavy atom. The summed E-state index contributed by atoms with van der Waals surface area (Å²) in [5, 5.41) is 3.26. The van der Waals surface area contributed by atoms with E-state index >= 15 is 0 Å². The van der Waals surface area contributed by atoms with E-state index < -0.39 is 0 Å². The third-order valence-corrected chi connectivity index (χ3v) is 3.73. The fourth-order valence-corrected chi connectivity index (χ4v) is 2.51. The molecule has 0 radical (unpaired) electrons. The van der Waals surface area contributed by atoms with Crippen LogP contribution in [0.1, 0.15) is 26.3 Å². The lowest BCUT2D eigenvalue weighted by Crippen LogP contribution is -2.03. The van der Waals surface area contributed by atoms with Gasteiger partial charge in [0, 0.05) is 18.3 Å². The summed E-state index contributed by atoms with van der Waals surface area (Å²) in [4.78, 5) is 9.02. The van der Waals surface area contributed by atoms with Crippen LogP contribution in [-0.4, -0.2) is 16.5 Å². The molecule has 2 aromatic rings. The van der Waals surface area contributed by atoms with Crippen molar-refractivity contribution in [1.82, 2.24) is 9.97 Å². The fraction of sp³-hybridized carbons (Fsp3) is 0.375. The minimum absolute atomic E-state index is 0.677. The molecule has 1 N–H and O–H groups in total. The second-order valence-electron chi connectivity index (χ2n) is 5.22. The van der Waals surface area contributed by atoms with Gasteiger partial charge >= 0.3 is 0 Å². The van der Waals surface area contributed by atoms with Crippen molar-refractivity contribution in [2.75, 3.05) is 11.9 Å². The molecule has 0 aliphatic rings. The maximum absolute atomic E-state index is 4.59. The van der Waals surface area contributed by atoms with E-state index in [1.807, 2.05) is 6.20 Å². The van der Waals surface area contributed by atoms with Crippen molar-refractivity contribution in [1.29, 1.82) is 0 Å². The first-order valence-electron chi connectivity index (χ1n) is 6.96. The molecule has 1 aromatic carbocycles. The van der Waals surface area contributed by atoms with E-state index in [9.17, 15) is 0 Å². The lowest BCUT2D eigenvalue weighted by Gasteiger charge is -2.08. The van der Waals surface area contributed by atoms with E-state index in [0.29, 0.717) is 5.92 Å². The number of nitrogens with one attached hydrogen (secondary N) is 1. The first-order valence-corrected chi connectivity index (χ1v) is 8.03. The molecule has 0 aliphatic heterocycles. The third-order valence-electron chi connectivity index (χ3n) is 2.94. The molecule has 0 saturated carbocycles. The molecule has 1 heterocycles. The second kappa shape index (κ2) is 7.02. The van der Waals surface area contributed by atoms with E-state index in [0.717, 1.165) is 33.7 Å². The van der Waals surface area contributed by atoms with Crippen LogP contribution >= 0.6 is 22.6 Å². The van der Waals surface area contributed by atoms with Gasteiger partial charge in [-0.2, -0.15) is 0 Å². The molecular weight excluding hydrogens is 361 g/mol. The molecule has 0 bridgehead atoms. The van der Waals surface area contributed by atoms with Gasteiger partial charge in [-0.1, -0.05) is 38.1 Å². The Morgan fingerprint density at radius 2 is 1.90 bits per heavy atom. The summed E-state index contributed by atoms with van der Waals surface area (Å²) in [6, 6.07) is 8.55. The van der Waals surface area contributed by atoms with Crippen LogP contribution in [0.15, 0.2) is 30.5 Å². The standard InChI is InChI=1S/C16H20IN3/c1-4-18-16-14(17)10-19-15(20-16)13-7-5-12(6-8-13)9-11(2)3/h5-8,10-11H,4,9H2,1-3H3,(H,18,19,20). The first kappa shape index (κ1) is 15.2. The van der Waals surface area contributed by atoms with Crippen molar-refractivity contribution in [3.05, 3.63) is 39.6 Å². The Labute approximate surface area is 134 Å². The number of anilines is 1. The van der Waals surface area contributed by atoms with Crippen molar-refractivity contribution in [3.8, 4) is 11.4 Å². The average molecular weight is 381 g/mol. The molecule has 106 valence electrons. The molecule has 0 unspecified atom stereocenters. The quantitative estimate of drug-likeness (QED) is 0.782. The van der Waals surface area contributed by atoms with E-state index in [4.69, 9.17) is 0 Å². The summed E-state index contributed by atoms with van der Waals surface area (Å²) in [5.74, 6) is 2.36. The number of benzene rings is 1. The smallest absolute Gasteiger partial charge is 0.161 e. The van der Waals surface area contributed by atoms with Gasteiger partial charge in [0.25, 0.3) is 0 Å². The number of nitrogens with zero attached hydrogens (tertiary/aromatic N) is 2. The van der Waals surface area contributed by atoms with Gasteiger partial charge in [-0.3, -0.25) is 0 Å². The SMILES string of the molecule is CCNc1nc(-c2ccc(CC(C)C)cc2)ncc1I. The lowest BCUT2D eigenvalue weighted by atomic mass is 10.0. The highest BCUT2D eigenvalue weighted by Gasteiger charge is 2.06. The molecule has 0 fully saturated rings. The van der Waals surface area contributed by atoms with Crippen molar-refractivity contribution < 1.29 is 0 Å². The number of hydrogen-bond acceptors (Lipinski definition) is 3. The van der Waals surface area contributed by atoms with Gasteiger partial charge < -0.3 is 5.32 Å². The van der Waals surface area contributed by atoms with Gasteiger partial charge in [0.2, 0.25) is 0 Å². The van der Waals surface area contributed by atoms with Crippen molar-refractivity contribution in [2.24, 2.45) is 5.92 Å². The molecule has 3 nitrogen and oxygen atoms in total. The highest BCUT2D eigenvalue weighted by molar-refractivity contribution is 14.1. The molecule has 20 heavy (non-hydrogen) atoms. The maximum Gasteiger partial charge on any atom is 0.161 e. The van der Waals surface area contributed by atoms with E-state index in [-0.39, 0.29) is 0 Å². The fourth-order valence-electron chi connectivity index (χ4n) is 2.06. The Kier molecular flexibility index (Phi) is 5.34. The molecule has 0 aliphatic carbocycles. The van der Waals surface area contributed by atoms with Crippen LogP contribution < -0.4 is 5.32 Å². The van der Waals surface area contributed by atoms with Crippen LogP contribution in [0.3, 0.4) is 0 Å². The second-order valence-corrected chi connectivity index (χ2v) is 6.38. The molecular formula is C16H20IN3. The summed E-state index contributed by atoms with van der Waals surface area (Å²) in [6.45, 7) is 7.40. The van der Waals surface area contributed by atoms with Gasteiger partial charge in [-0.25, -0.2) is 9.97 Å². The number of hydrogen-bond donors (Lipinski definition) is 1. The summed E-state index contributed by atoms with van der Waals surface area (Å²) in [7, 11) is 0. The Bertz CT molecular complexity index is 564. The zero-order chi connectivity index (χ0) is 14.5. The van der Waals surface area contributed by atoms with Crippen molar-refractivity contribution in [3.63, 3.8) is 0 Å². The molecule has 4 heteroatoms. The van der Waals surface area contributed by atoms with Crippen LogP contribution in [0.2, 0.25) is 0 Å². The molecule has 0 spiro atoms. The molecule has 0 saturated heterocycles. The highest BCUT2D eigenvalue weighted by atomic mass is 127. The predicted molar refractivity (Wildman–Crippen MR) is 92.9 cm³/mol. The van der Waals surface area contributed by atoms with Crippen LogP contribution in [0, 0.1) is 9.49 Å². The average Bonchev–Trinajstić information content (AvgIpc) is 2.42. The van der Waals surface area contributed by atoms with Gasteiger partial charge in [0.1, 0.15) is 5.82 Å². The minimum Gasteiger partial charge on any atom is -0.369 e. The van der Waals surface area contributed by atoms with Crippen LogP contribution in [-0.2, 0) is 6.42 Å². The first-order chi connectivity index (χ1) is 9.60. The Hall–Kier alpha value is -1.17. The van der Waals surface area contributed by atoms with Crippen molar-refractivity contribution in [2.45, 2.75) is 27.2 Å². The number of rotatable bonds is 5. The van der Waals surface area contributed by atoms with E-state index in [1.165, 1.54) is 5.56 Å². The predicted octanol–water partition coefficient (Wildman–Crippen LogP) is 4.38. The summed E-state index contributed by atoms with van der Waals surface area (Å²) in [6.07, 6.45) is 2.97. The van der Waals surface area contributed by atoms with E-state index in [2.05, 4.69) is 82.9 Å². The molecule has 0 atom stereocenters. The monoisotopic (exact) mass is 381 g/mol. The van der Waals surface area contributed by atoms with Gasteiger partial charge in [-0.15, -0.1) is 0 Å². The van der Waals surface area contributed by atoms with Crippen LogP contribution in [0.4, 0.5) is 5.82 Å². The molecule has 0 amide bonds. The van der Waals surface area contributed by atoms with Gasteiger partial charge in [0.05, 0.1) is 3.57 Å². The van der Waals surface area contributed by atoms with Gasteiger partial charge in [0.15, 0.2) is 5.82 Å². The Balaban J connectivity index is 2.25.